The molecule has 0 spiro atoms. The number of hydrogen-bond donors (Lipinski definition) is 2. The monoisotopic (exact) mass is 484 g/mol. The average Bonchev–Trinajstić information content (AvgIpc) is 2.84. The second kappa shape index (κ2) is 14.9. The van der Waals surface area contributed by atoms with E-state index in [2.05, 4.69) is 17.6 Å². The Bertz CT molecular complexity index is 945. The van der Waals surface area contributed by atoms with Crippen LogP contribution < -0.4 is 15.4 Å². The molecule has 0 heterocycles. The first-order valence-corrected chi connectivity index (χ1v) is 12.0. The van der Waals surface area contributed by atoms with Crippen LogP contribution in [0.1, 0.15) is 42.1 Å². The number of rotatable bonds is 16. The van der Waals surface area contributed by atoms with Crippen LogP contribution in [0.3, 0.4) is 0 Å². The van der Waals surface area contributed by atoms with Gasteiger partial charge in [-0.05, 0) is 76.3 Å². The van der Waals surface area contributed by atoms with Crippen LogP contribution >= 0.6 is 0 Å². The maximum atomic E-state index is 13.0. The summed E-state index contributed by atoms with van der Waals surface area (Å²) in [6, 6.07) is 12.1. The van der Waals surface area contributed by atoms with E-state index < -0.39 is 16.9 Å². The van der Waals surface area contributed by atoms with Crippen molar-refractivity contribution in [2.45, 2.75) is 38.6 Å². The van der Waals surface area contributed by atoms with Crippen LogP contribution in [0.4, 0.5) is 5.69 Å². The number of non-ortho nitro benzene ring substituents is 1. The summed E-state index contributed by atoms with van der Waals surface area (Å²) >= 11 is 0. The van der Waals surface area contributed by atoms with E-state index in [0.717, 1.165) is 37.4 Å². The van der Waals surface area contributed by atoms with Crippen LogP contribution in [-0.2, 0) is 11.2 Å². The van der Waals surface area contributed by atoms with Gasteiger partial charge in [0.05, 0.1) is 11.0 Å². The quantitative estimate of drug-likeness (QED) is 0.214. The second-order valence-corrected chi connectivity index (χ2v) is 8.65. The molecule has 0 radical (unpaired) electrons. The Kier molecular flexibility index (Phi) is 11.9. The van der Waals surface area contributed by atoms with Gasteiger partial charge in [-0.3, -0.25) is 19.7 Å². The van der Waals surface area contributed by atoms with Crippen molar-refractivity contribution >= 4 is 17.4 Å². The SMILES string of the molecule is CCCNCCCC(=O)C(Cc1ccc(OCCN(C)C)cc1)NC(=O)c1ccc([N+](=O)[O-])cc1. The van der Waals surface area contributed by atoms with Crippen LogP contribution in [0.25, 0.3) is 0 Å². The first kappa shape index (κ1) is 27.9. The number of likely N-dealkylation sites (N-methyl/N-ethyl adjacent to an activating group) is 1. The molecule has 0 saturated heterocycles. The van der Waals surface area contributed by atoms with Gasteiger partial charge >= 0.3 is 0 Å². The number of Topliss-reactive ketones (excluding diaryl/α,β-unsaturated/α-hetero) is 1. The van der Waals surface area contributed by atoms with E-state index in [-0.39, 0.29) is 17.0 Å². The zero-order valence-electron chi connectivity index (χ0n) is 20.8. The number of carbonyl (C=O) groups is 2. The molecule has 35 heavy (non-hydrogen) atoms. The zero-order valence-corrected chi connectivity index (χ0v) is 20.8. The van der Waals surface area contributed by atoms with Gasteiger partial charge in [0.2, 0.25) is 0 Å². The minimum Gasteiger partial charge on any atom is -0.492 e. The predicted octanol–water partition coefficient (Wildman–Crippen LogP) is 3.23. The molecule has 2 aromatic carbocycles. The van der Waals surface area contributed by atoms with Gasteiger partial charge in [0.15, 0.2) is 5.78 Å². The first-order valence-electron chi connectivity index (χ1n) is 12.0. The van der Waals surface area contributed by atoms with Gasteiger partial charge < -0.3 is 20.3 Å². The Hall–Kier alpha value is -3.30. The number of nitro benzene ring substituents is 1. The molecule has 9 heteroatoms. The molecule has 2 N–H and O–H groups in total. The number of benzene rings is 2. The number of hydrogen-bond acceptors (Lipinski definition) is 7. The number of ether oxygens (including phenoxy) is 1. The highest BCUT2D eigenvalue weighted by Gasteiger charge is 2.22. The smallest absolute Gasteiger partial charge is 0.269 e. The number of nitrogens with zero attached hydrogens (tertiary/aromatic N) is 2. The largest absolute Gasteiger partial charge is 0.492 e. The summed E-state index contributed by atoms with van der Waals surface area (Å²) in [5, 5.41) is 17.0. The van der Waals surface area contributed by atoms with Gasteiger partial charge in [-0.25, -0.2) is 0 Å². The maximum absolute atomic E-state index is 13.0. The molecule has 2 rings (SSSR count). The number of nitro groups is 1. The van der Waals surface area contributed by atoms with Crippen molar-refractivity contribution < 1.29 is 19.2 Å². The lowest BCUT2D eigenvalue weighted by atomic mass is 9.99. The molecule has 2 aromatic rings. The Morgan fingerprint density at radius 3 is 2.34 bits per heavy atom. The van der Waals surface area contributed by atoms with E-state index in [1.165, 1.54) is 24.3 Å². The molecule has 190 valence electrons. The average molecular weight is 485 g/mol. The van der Waals surface area contributed by atoms with Crippen molar-refractivity contribution in [2.24, 2.45) is 0 Å². The molecule has 1 atom stereocenters. The Morgan fingerprint density at radius 2 is 1.74 bits per heavy atom. The highest BCUT2D eigenvalue weighted by molar-refractivity contribution is 5.98. The third-order valence-electron chi connectivity index (χ3n) is 5.41. The van der Waals surface area contributed by atoms with Crippen LogP contribution in [0, 0.1) is 10.1 Å². The summed E-state index contributed by atoms with van der Waals surface area (Å²) in [4.78, 5) is 38.2. The molecule has 0 aliphatic rings. The lowest BCUT2D eigenvalue weighted by molar-refractivity contribution is -0.384. The second-order valence-electron chi connectivity index (χ2n) is 8.65. The molecular formula is C26H36N4O5. The highest BCUT2D eigenvalue weighted by Crippen LogP contribution is 2.16. The van der Waals surface area contributed by atoms with Gasteiger partial charge in [0, 0.05) is 30.7 Å². The van der Waals surface area contributed by atoms with Crippen LogP contribution in [0.2, 0.25) is 0 Å². The van der Waals surface area contributed by atoms with Crippen molar-refractivity contribution in [3.63, 3.8) is 0 Å². The zero-order chi connectivity index (χ0) is 25.6. The summed E-state index contributed by atoms with van der Waals surface area (Å²) < 4.78 is 5.73. The Morgan fingerprint density at radius 1 is 1.06 bits per heavy atom. The van der Waals surface area contributed by atoms with E-state index in [1.807, 2.05) is 43.3 Å². The van der Waals surface area contributed by atoms with Crippen LogP contribution in [0.5, 0.6) is 5.75 Å². The number of nitrogens with one attached hydrogen (secondary N) is 2. The fourth-order valence-corrected chi connectivity index (χ4v) is 3.39. The third-order valence-corrected chi connectivity index (χ3v) is 5.41. The van der Waals surface area contributed by atoms with Gasteiger partial charge in [-0.2, -0.15) is 0 Å². The molecule has 0 aliphatic carbocycles. The lowest BCUT2D eigenvalue weighted by Gasteiger charge is -2.19. The molecule has 0 aromatic heterocycles. The van der Waals surface area contributed by atoms with Gasteiger partial charge in [-0.15, -0.1) is 0 Å². The molecule has 1 unspecified atom stereocenters. The van der Waals surface area contributed by atoms with E-state index in [1.54, 1.807) is 0 Å². The summed E-state index contributed by atoms with van der Waals surface area (Å²) in [5.74, 6) is 0.256. The van der Waals surface area contributed by atoms with Crippen molar-refractivity contribution in [3.8, 4) is 5.75 Å². The molecular weight excluding hydrogens is 448 g/mol. The summed E-state index contributed by atoms with van der Waals surface area (Å²) in [6.07, 6.45) is 2.39. The molecule has 0 saturated carbocycles. The maximum Gasteiger partial charge on any atom is 0.269 e. The topological polar surface area (TPSA) is 114 Å². The van der Waals surface area contributed by atoms with E-state index in [9.17, 15) is 19.7 Å². The van der Waals surface area contributed by atoms with E-state index in [4.69, 9.17) is 4.74 Å². The van der Waals surface area contributed by atoms with Crippen LogP contribution in [-0.4, -0.2) is 67.9 Å². The fourth-order valence-electron chi connectivity index (χ4n) is 3.39. The van der Waals surface area contributed by atoms with Crippen molar-refractivity contribution in [1.82, 2.24) is 15.5 Å². The van der Waals surface area contributed by atoms with Gasteiger partial charge in [-0.1, -0.05) is 19.1 Å². The summed E-state index contributed by atoms with van der Waals surface area (Å²) in [7, 11) is 3.96. The van der Waals surface area contributed by atoms with Crippen molar-refractivity contribution in [3.05, 3.63) is 69.8 Å². The third kappa shape index (κ3) is 10.2. The molecule has 1 amide bonds. The van der Waals surface area contributed by atoms with E-state index in [0.29, 0.717) is 25.9 Å². The standard InChI is InChI=1S/C26H36N4O5/c1-4-15-27-16-5-6-25(31)24(28-26(32)21-9-11-22(12-10-21)30(33)34)19-20-7-13-23(14-8-20)35-18-17-29(2)3/h7-14,24,27H,4-6,15-19H2,1-3H3,(H,28,32). The summed E-state index contributed by atoms with van der Waals surface area (Å²) in [6.45, 7) is 5.10. The fraction of sp³-hybridized carbons (Fsp3) is 0.462. The summed E-state index contributed by atoms with van der Waals surface area (Å²) in [5.41, 5.74) is 1.07. The lowest BCUT2D eigenvalue weighted by Crippen LogP contribution is -2.42. The first-order chi connectivity index (χ1) is 16.8. The Labute approximate surface area is 207 Å². The molecule has 0 bridgehead atoms. The van der Waals surface area contributed by atoms with Crippen molar-refractivity contribution in [2.75, 3.05) is 40.3 Å². The number of amides is 1. The highest BCUT2D eigenvalue weighted by atomic mass is 16.6. The molecule has 0 aliphatic heterocycles. The van der Waals surface area contributed by atoms with Gasteiger partial charge in [0.25, 0.3) is 11.6 Å². The minimum atomic E-state index is -0.704. The Balaban J connectivity index is 2.05. The van der Waals surface area contributed by atoms with Gasteiger partial charge in [0.1, 0.15) is 12.4 Å². The molecule has 9 nitrogen and oxygen atoms in total. The predicted molar refractivity (Wildman–Crippen MR) is 136 cm³/mol. The van der Waals surface area contributed by atoms with Crippen molar-refractivity contribution in [1.29, 1.82) is 0 Å². The number of carbonyl (C=O) groups excluding carboxylic acids is 2. The normalized spacial score (nSPS) is 11.8. The molecule has 0 fully saturated rings. The van der Waals surface area contributed by atoms with E-state index >= 15 is 0 Å². The number of ketones is 1. The van der Waals surface area contributed by atoms with Crippen LogP contribution in [0.15, 0.2) is 48.5 Å². The minimum absolute atomic E-state index is 0.0510.